The first-order valence-electron chi connectivity index (χ1n) is 10.3. The highest BCUT2D eigenvalue weighted by Crippen LogP contribution is 2.39. The molecule has 1 saturated carbocycles. The van der Waals surface area contributed by atoms with E-state index in [4.69, 9.17) is 0 Å². The van der Waals surface area contributed by atoms with Gasteiger partial charge in [0.2, 0.25) is 5.43 Å². The molecular weight excluding hydrogens is 368 g/mol. The Bertz CT molecular complexity index is 1160. The SMILES string of the molecule is CCn1cc(C(=O)N2CCC(n3cc(C4CC4)nn3)C2)c(=O)c2ccc(C)nc21. The molecule has 1 aliphatic carbocycles. The minimum absolute atomic E-state index is 0.108. The summed E-state index contributed by atoms with van der Waals surface area (Å²) < 4.78 is 3.77. The van der Waals surface area contributed by atoms with Gasteiger partial charge in [0, 0.05) is 43.6 Å². The first-order valence-corrected chi connectivity index (χ1v) is 10.3. The van der Waals surface area contributed by atoms with Crippen molar-refractivity contribution in [2.24, 2.45) is 0 Å². The van der Waals surface area contributed by atoms with Gasteiger partial charge in [0.25, 0.3) is 5.91 Å². The molecule has 4 heterocycles. The third kappa shape index (κ3) is 3.12. The number of aromatic nitrogens is 5. The van der Waals surface area contributed by atoms with Gasteiger partial charge in [0.15, 0.2) is 0 Å². The first-order chi connectivity index (χ1) is 14.0. The second kappa shape index (κ2) is 6.79. The van der Waals surface area contributed by atoms with Crippen LogP contribution in [0, 0.1) is 6.92 Å². The lowest BCUT2D eigenvalue weighted by Gasteiger charge is -2.18. The monoisotopic (exact) mass is 392 g/mol. The summed E-state index contributed by atoms with van der Waals surface area (Å²) in [7, 11) is 0. The average molecular weight is 392 g/mol. The fraction of sp³-hybridized carbons (Fsp3) is 0.476. The molecule has 3 aromatic rings. The molecule has 1 unspecified atom stereocenters. The lowest BCUT2D eigenvalue weighted by Crippen LogP contribution is -2.33. The molecule has 3 aromatic heterocycles. The van der Waals surface area contributed by atoms with Crippen molar-refractivity contribution >= 4 is 16.9 Å². The molecule has 0 spiro atoms. The predicted molar refractivity (Wildman–Crippen MR) is 108 cm³/mol. The lowest BCUT2D eigenvalue weighted by molar-refractivity contribution is 0.0785. The van der Waals surface area contributed by atoms with E-state index in [0.29, 0.717) is 36.6 Å². The Kier molecular flexibility index (Phi) is 4.22. The number of carbonyl (C=O) groups excluding carboxylic acids is 1. The highest BCUT2D eigenvalue weighted by atomic mass is 16.2. The number of hydrogen-bond donors (Lipinski definition) is 0. The van der Waals surface area contributed by atoms with Crippen LogP contribution in [0.15, 0.2) is 29.3 Å². The van der Waals surface area contributed by atoms with Crippen molar-refractivity contribution in [3.05, 3.63) is 51.7 Å². The van der Waals surface area contributed by atoms with Gasteiger partial charge in [-0.25, -0.2) is 9.67 Å². The van der Waals surface area contributed by atoms with Crippen molar-refractivity contribution in [1.29, 1.82) is 0 Å². The van der Waals surface area contributed by atoms with Gasteiger partial charge in [-0.2, -0.15) is 0 Å². The van der Waals surface area contributed by atoms with Crippen molar-refractivity contribution < 1.29 is 4.79 Å². The number of amides is 1. The van der Waals surface area contributed by atoms with Crippen molar-refractivity contribution in [2.75, 3.05) is 13.1 Å². The summed E-state index contributed by atoms with van der Waals surface area (Å²) in [6.07, 6.45) is 6.87. The Labute approximate surface area is 168 Å². The Morgan fingerprint density at radius 3 is 2.79 bits per heavy atom. The van der Waals surface area contributed by atoms with Gasteiger partial charge < -0.3 is 9.47 Å². The lowest BCUT2D eigenvalue weighted by atomic mass is 10.1. The maximum atomic E-state index is 13.2. The molecule has 2 aliphatic rings. The second-order valence-corrected chi connectivity index (χ2v) is 8.07. The minimum atomic E-state index is -0.248. The topological polar surface area (TPSA) is 85.9 Å². The van der Waals surface area contributed by atoms with Crippen molar-refractivity contribution in [1.82, 2.24) is 29.4 Å². The molecule has 1 atom stereocenters. The molecule has 1 aliphatic heterocycles. The molecule has 2 fully saturated rings. The van der Waals surface area contributed by atoms with Crippen LogP contribution in [0.4, 0.5) is 0 Å². The number of hydrogen-bond acceptors (Lipinski definition) is 5. The van der Waals surface area contributed by atoms with E-state index in [9.17, 15) is 9.59 Å². The molecule has 5 rings (SSSR count). The first kappa shape index (κ1) is 18.0. The summed E-state index contributed by atoms with van der Waals surface area (Å²) in [5, 5.41) is 9.04. The summed E-state index contributed by atoms with van der Waals surface area (Å²) in [5.74, 6) is 0.343. The van der Waals surface area contributed by atoms with Gasteiger partial charge in [-0.1, -0.05) is 5.21 Å². The fourth-order valence-electron chi connectivity index (χ4n) is 4.10. The molecule has 0 radical (unpaired) electrons. The van der Waals surface area contributed by atoms with E-state index in [-0.39, 0.29) is 22.9 Å². The predicted octanol–water partition coefficient (Wildman–Crippen LogP) is 2.28. The molecule has 29 heavy (non-hydrogen) atoms. The van der Waals surface area contributed by atoms with Crippen LogP contribution in [-0.2, 0) is 6.54 Å². The van der Waals surface area contributed by atoms with Crippen LogP contribution in [0.5, 0.6) is 0 Å². The van der Waals surface area contributed by atoms with Gasteiger partial charge in [0.05, 0.1) is 17.1 Å². The Balaban J connectivity index is 1.43. The zero-order valence-corrected chi connectivity index (χ0v) is 16.7. The van der Waals surface area contributed by atoms with Gasteiger partial charge in [-0.15, -0.1) is 5.10 Å². The van der Waals surface area contributed by atoms with Crippen molar-refractivity contribution in [3.63, 3.8) is 0 Å². The molecule has 150 valence electrons. The smallest absolute Gasteiger partial charge is 0.259 e. The van der Waals surface area contributed by atoms with Crippen LogP contribution in [0.25, 0.3) is 11.0 Å². The van der Waals surface area contributed by atoms with E-state index >= 15 is 0 Å². The third-order valence-electron chi connectivity index (χ3n) is 5.98. The van der Waals surface area contributed by atoms with Crippen LogP contribution < -0.4 is 5.43 Å². The number of rotatable bonds is 4. The van der Waals surface area contributed by atoms with E-state index in [0.717, 1.165) is 17.8 Å². The quantitative estimate of drug-likeness (QED) is 0.680. The average Bonchev–Trinajstić information content (AvgIpc) is 3.25. The Morgan fingerprint density at radius 1 is 1.21 bits per heavy atom. The van der Waals surface area contributed by atoms with Crippen molar-refractivity contribution in [3.8, 4) is 0 Å². The van der Waals surface area contributed by atoms with E-state index in [1.54, 1.807) is 17.2 Å². The number of pyridine rings is 2. The van der Waals surface area contributed by atoms with E-state index in [2.05, 4.69) is 15.3 Å². The number of carbonyl (C=O) groups is 1. The van der Waals surface area contributed by atoms with Crippen LogP contribution in [0.3, 0.4) is 0 Å². The second-order valence-electron chi connectivity index (χ2n) is 8.07. The molecular formula is C21H24N6O2. The maximum absolute atomic E-state index is 13.2. The summed E-state index contributed by atoms with van der Waals surface area (Å²) in [6, 6.07) is 3.69. The van der Waals surface area contributed by atoms with E-state index < -0.39 is 0 Å². The van der Waals surface area contributed by atoms with Crippen LogP contribution in [-0.4, -0.2) is 48.4 Å². The number of aryl methyl sites for hydroxylation is 2. The van der Waals surface area contributed by atoms with Crippen molar-refractivity contribution in [2.45, 2.75) is 51.6 Å². The summed E-state index contributed by atoms with van der Waals surface area (Å²) >= 11 is 0. The zero-order chi connectivity index (χ0) is 20.1. The van der Waals surface area contributed by atoms with Crippen LogP contribution >= 0.6 is 0 Å². The summed E-state index contributed by atoms with van der Waals surface area (Å²) in [5.41, 5.74) is 2.49. The van der Waals surface area contributed by atoms with E-state index in [1.165, 1.54) is 12.8 Å². The van der Waals surface area contributed by atoms with Crippen LogP contribution in [0.1, 0.15) is 59.9 Å². The highest BCUT2D eigenvalue weighted by molar-refractivity contribution is 5.97. The molecule has 8 nitrogen and oxygen atoms in total. The van der Waals surface area contributed by atoms with Gasteiger partial charge in [-0.3, -0.25) is 9.59 Å². The summed E-state index contributed by atoms with van der Waals surface area (Å²) in [4.78, 5) is 32.5. The van der Waals surface area contributed by atoms with E-state index in [1.807, 2.05) is 35.4 Å². The largest absolute Gasteiger partial charge is 0.336 e. The highest BCUT2D eigenvalue weighted by Gasteiger charge is 2.32. The van der Waals surface area contributed by atoms with Crippen LogP contribution in [0.2, 0.25) is 0 Å². The third-order valence-corrected chi connectivity index (χ3v) is 5.98. The normalized spacial score (nSPS) is 19.2. The molecule has 0 N–H and O–H groups in total. The summed E-state index contributed by atoms with van der Waals surface area (Å²) in [6.45, 7) is 5.67. The zero-order valence-electron chi connectivity index (χ0n) is 16.7. The molecule has 8 heteroatoms. The molecule has 1 saturated heterocycles. The number of likely N-dealkylation sites (tertiary alicyclic amines) is 1. The standard InChI is InChI=1S/C21H24N6O2/c1-3-25-11-17(19(28)16-7-4-13(2)22-20(16)25)21(29)26-9-8-15(10-26)27-12-18(23-24-27)14-5-6-14/h4,7,11-12,14-15H,3,5-6,8-10H2,1-2H3. The Hall–Kier alpha value is -3.03. The number of nitrogens with zero attached hydrogens (tertiary/aromatic N) is 6. The van der Waals surface area contributed by atoms with Gasteiger partial charge in [-0.05, 0) is 45.2 Å². The molecule has 1 amide bonds. The Morgan fingerprint density at radius 2 is 2.03 bits per heavy atom. The van der Waals surface area contributed by atoms with Gasteiger partial charge in [0.1, 0.15) is 11.2 Å². The maximum Gasteiger partial charge on any atom is 0.259 e. The number of fused-ring (bicyclic) bond motifs is 1. The minimum Gasteiger partial charge on any atom is -0.336 e. The fourth-order valence-corrected chi connectivity index (χ4v) is 4.10. The van der Waals surface area contributed by atoms with Gasteiger partial charge >= 0.3 is 0 Å². The molecule has 0 aromatic carbocycles. The molecule has 0 bridgehead atoms.